The van der Waals surface area contributed by atoms with Gasteiger partial charge in [-0.1, -0.05) is 6.07 Å². The molecule has 1 fully saturated rings. The highest BCUT2D eigenvalue weighted by Gasteiger charge is 2.24. The number of phenols is 1. The lowest BCUT2D eigenvalue weighted by Crippen LogP contribution is -2.38. The highest BCUT2D eigenvalue weighted by atomic mass is 16.3. The zero-order valence-corrected chi connectivity index (χ0v) is 11.0. The molecule has 102 valence electrons. The van der Waals surface area contributed by atoms with Crippen molar-refractivity contribution < 1.29 is 9.90 Å². The Morgan fingerprint density at radius 1 is 1.32 bits per heavy atom. The van der Waals surface area contributed by atoms with Gasteiger partial charge in [0, 0.05) is 25.0 Å². The number of hydrogen-bond donors (Lipinski definition) is 3. The van der Waals surface area contributed by atoms with Crippen LogP contribution < -0.4 is 10.6 Å². The number of amides is 1. The Labute approximate surface area is 113 Å². The fraction of sp³-hybridized carbons (Fsp3) is 0.533. The molecule has 2 atom stereocenters. The Bertz CT molecular complexity index is 487. The summed E-state index contributed by atoms with van der Waals surface area (Å²) in [4.78, 5) is 11.2. The molecule has 0 radical (unpaired) electrons. The highest BCUT2D eigenvalue weighted by molar-refractivity contribution is 5.78. The topological polar surface area (TPSA) is 61.4 Å². The van der Waals surface area contributed by atoms with Gasteiger partial charge >= 0.3 is 0 Å². The maximum atomic E-state index is 11.2. The molecule has 0 spiro atoms. The summed E-state index contributed by atoms with van der Waals surface area (Å²) >= 11 is 0. The number of carbonyl (C=O) groups excluding carboxylic acids is 1. The number of hydrogen-bond acceptors (Lipinski definition) is 3. The first-order valence-electron chi connectivity index (χ1n) is 7.07. The predicted octanol–water partition coefficient (Wildman–Crippen LogP) is 1.64. The lowest BCUT2D eigenvalue weighted by atomic mass is 9.87. The Morgan fingerprint density at radius 3 is 3.00 bits per heavy atom. The van der Waals surface area contributed by atoms with Crippen LogP contribution in [0.5, 0.6) is 5.75 Å². The van der Waals surface area contributed by atoms with Gasteiger partial charge in [-0.3, -0.25) is 4.79 Å². The van der Waals surface area contributed by atoms with Gasteiger partial charge < -0.3 is 15.7 Å². The Morgan fingerprint density at radius 2 is 2.21 bits per heavy atom. The van der Waals surface area contributed by atoms with Crippen molar-refractivity contribution in [2.75, 3.05) is 6.54 Å². The quantitative estimate of drug-likeness (QED) is 0.774. The number of carbonyl (C=O) groups is 1. The van der Waals surface area contributed by atoms with Crippen molar-refractivity contribution in [3.8, 4) is 5.75 Å². The third kappa shape index (κ3) is 2.73. The van der Waals surface area contributed by atoms with Gasteiger partial charge in [-0.05, 0) is 48.9 Å². The maximum Gasteiger partial charge on any atom is 0.220 e. The number of fused-ring (bicyclic) bond motifs is 1. The standard InChI is InChI=1S/C15H20N2O2/c18-12-6-4-10-2-1-3-14(13(10)8-12)16-9-11-5-7-15(19)17-11/h4,6,8,11,14,16,18H,1-3,5,7,9H2,(H,17,19). The van der Waals surface area contributed by atoms with Gasteiger partial charge in [-0.25, -0.2) is 0 Å². The van der Waals surface area contributed by atoms with E-state index in [1.165, 1.54) is 17.5 Å². The van der Waals surface area contributed by atoms with Crippen molar-refractivity contribution in [3.05, 3.63) is 29.3 Å². The molecule has 2 unspecified atom stereocenters. The second-order valence-corrected chi connectivity index (χ2v) is 5.54. The zero-order chi connectivity index (χ0) is 13.2. The minimum Gasteiger partial charge on any atom is -0.508 e. The minimum atomic E-state index is 0.161. The van der Waals surface area contributed by atoms with Crippen LogP contribution in [0.2, 0.25) is 0 Å². The first kappa shape index (κ1) is 12.5. The van der Waals surface area contributed by atoms with E-state index in [1.807, 2.05) is 12.1 Å². The van der Waals surface area contributed by atoms with Crippen LogP contribution in [0.15, 0.2) is 18.2 Å². The van der Waals surface area contributed by atoms with E-state index >= 15 is 0 Å². The average Bonchev–Trinajstić information content (AvgIpc) is 2.82. The van der Waals surface area contributed by atoms with Crippen molar-refractivity contribution in [3.63, 3.8) is 0 Å². The smallest absolute Gasteiger partial charge is 0.220 e. The van der Waals surface area contributed by atoms with Gasteiger partial charge in [0.2, 0.25) is 5.91 Å². The van der Waals surface area contributed by atoms with Crippen molar-refractivity contribution >= 4 is 5.91 Å². The molecule has 1 aliphatic heterocycles. The number of aromatic hydroxyl groups is 1. The van der Waals surface area contributed by atoms with E-state index in [4.69, 9.17) is 0 Å². The summed E-state index contributed by atoms with van der Waals surface area (Å²) in [5, 5.41) is 16.2. The normalized spacial score (nSPS) is 26.0. The van der Waals surface area contributed by atoms with Crippen LogP contribution >= 0.6 is 0 Å². The molecule has 1 aromatic carbocycles. The summed E-state index contributed by atoms with van der Waals surface area (Å²) in [5.74, 6) is 0.495. The van der Waals surface area contributed by atoms with E-state index in [0.717, 1.165) is 25.8 Å². The summed E-state index contributed by atoms with van der Waals surface area (Å²) in [6, 6.07) is 6.22. The fourth-order valence-corrected chi connectivity index (χ4v) is 3.11. The molecule has 1 amide bonds. The van der Waals surface area contributed by atoms with Crippen molar-refractivity contribution in [2.24, 2.45) is 0 Å². The Hall–Kier alpha value is -1.55. The molecule has 1 aliphatic carbocycles. The van der Waals surface area contributed by atoms with Crippen LogP contribution in [0.1, 0.15) is 42.9 Å². The second-order valence-electron chi connectivity index (χ2n) is 5.54. The molecular formula is C15H20N2O2. The van der Waals surface area contributed by atoms with Crippen LogP contribution in [0.3, 0.4) is 0 Å². The third-order valence-electron chi connectivity index (χ3n) is 4.14. The van der Waals surface area contributed by atoms with E-state index in [-0.39, 0.29) is 11.9 Å². The van der Waals surface area contributed by atoms with Gasteiger partial charge in [0.15, 0.2) is 0 Å². The van der Waals surface area contributed by atoms with Gasteiger partial charge in [-0.15, -0.1) is 0 Å². The number of rotatable bonds is 3. The van der Waals surface area contributed by atoms with Crippen LogP contribution in [-0.4, -0.2) is 23.6 Å². The van der Waals surface area contributed by atoms with Crippen LogP contribution in [0.25, 0.3) is 0 Å². The molecular weight excluding hydrogens is 240 g/mol. The number of benzene rings is 1. The average molecular weight is 260 g/mol. The van der Waals surface area contributed by atoms with Crippen LogP contribution in [0, 0.1) is 0 Å². The third-order valence-corrected chi connectivity index (χ3v) is 4.14. The highest BCUT2D eigenvalue weighted by Crippen LogP contribution is 2.32. The van der Waals surface area contributed by atoms with Crippen molar-refractivity contribution in [1.29, 1.82) is 0 Å². The first-order chi connectivity index (χ1) is 9.22. The second kappa shape index (κ2) is 5.21. The number of phenolic OH excluding ortho intramolecular Hbond substituents is 1. The Balaban J connectivity index is 1.66. The van der Waals surface area contributed by atoms with Gasteiger partial charge in [0.1, 0.15) is 5.75 Å². The summed E-state index contributed by atoms with van der Waals surface area (Å²) in [6.45, 7) is 0.811. The molecule has 4 nitrogen and oxygen atoms in total. The Kier molecular flexibility index (Phi) is 3.42. The summed E-state index contributed by atoms with van der Waals surface area (Å²) in [5.41, 5.74) is 2.55. The van der Waals surface area contributed by atoms with Crippen molar-refractivity contribution in [2.45, 2.75) is 44.2 Å². The first-order valence-corrected chi connectivity index (χ1v) is 7.07. The molecule has 1 heterocycles. The monoisotopic (exact) mass is 260 g/mol. The molecule has 0 bridgehead atoms. The number of nitrogens with one attached hydrogen (secondary N) is 2. The number of aryl methyl sites for hydroxylation is 1. The van der Waals surface area contributed by atoms with Crippen LogP contribution in [-0.2, 0) is 11.2 Å². The molecule has 4 heteroatoms. The molecule has 2 aliphatic rings. The minimum absolute atomic E-state index is 0.161. The fourth-order valence-electron chi connectivity index (χ4n) is 3.11. The lowest BCUT2D eigenvalue weighted by molar-refractivity contribution is -0.119. The molecule has 1 saturated heterocycles. The van der Waals surface area contributed by atoms with Gasteiger partial charge in [0.05, 0.1) is 0 Å². The molecule has 0 aromatic heterocycles. The van der Waals surface area contributed by atoms with E-state index < -0.39 is 0 Å². The van der Waals surface area contributed by atoms with E-state index in [0.29, 0.717) is 18.2 Å². The van der Waals surface area contributed by atoms with Crippen molar-refractivity contribution in [1.82, 2.24) is 10.6 Å². The van der Waals surface area contributed by atoms with E-state index in [9.17, 15) is 9.90 Å². The lowest BCUT2D eigenvalue weighted by Gasteiger charge is -2.27. The molecule has 1 aromatic rings. The summed E-state index contributed by atoms with van der Waals surface area (Å²) < 4.78 is 0. The maximum absolute atomic E-state index is 11.2. The van der Waals surface area contributed by atoms with E-state index in [2.05, 4.69) is 10.6 Å². The van der Waals surface area contributed by atoms with E-state index in [1.54, 1.807) is 6.07 Å². The SMILES string of the molecule is O=C1CCC(CNC2CCCc3ccc(O)cc32)N1. The van der Waals surface area contributed by atoms with Gasteiger partial charge in [0.25, 0.3) is 0 Å². The molecule has 3 N–H and O–H groups in total. The molecule has 19 heavy (non-hydrogen) atoms. The predicted molar refractivity (Wildman–Crippen MR) is 73.0 cm³/mol. The molecule has 3 rings (SSSR count). The largest absolute Gasteiger partial charge is 0.508 e. The van der Waals surface area contributed by atoms with Gasteiger partial charge in [-0.2, -0.15) is 0 Å². The summed E-state index contributed by atoms with van der Waals surface area (Å²) in [6.07, 6.45) is 4.93. The van der Waals surface area contributed by atoms with Crippen LogP contribution in [0.4, 0.5) is 0 Å². The molecule has 0 saturated carbocycles. The zero-order valence-electron chi connectivity index (χ0n) is 11.0. The summed E-state index contributed by atoms with van der Waals surface area (Å²) in [7, 11) is 0.